The second-order valence-corrected chi connectivity index (χ2v) is 8.55. The zero-order chi connectivity index (χ0) is 22.8. The number of nitrogens with two attached hydrogens (primary N) is 1. The highest BCUT2D eigenvalue weighted by Crippen LogP contribution is 2.29. The van der Waals surface area contributed by atoms with Crippen molar-refractivity contribution >= 4 is 34.3 Å². The molecule has 10 heteroatoms. The van der Waals surface area contributed by atoms with Crippen molar-refractivity contribution < 1.29 is 9.21 Å². The summed E-state index contributed by atoms with van der Waals surface area (Å²) in [7, 11) is 0. The van der Waals surface area contributed by atoms with Crippen LogP contribution >= 0.6 is 11.8 Å². The number of nitrogens with zero attached hydrogens (tertiary/aromatic N) is 3. The van der Waals surface area contributed by atoms with Crippen molar-refractivity contribution in [3.63, 3.8) is 0 Å². The number of aromatic nitrogens is 4. The number of hydrogen-bond acceptors (Lipinski definition) is 8. The van der Waals surface area contributed by atoms with Crippen molar-refractivity contribution in [2.24, 2.45) is 5.92 Å². The lowest BCUT2D eigenvalue weighted by Crippen LogP contribution is -2.37. The van der Waals surface area contributed by atoms with E-state index in [1.807, 2.05) is 38.1 Å². The molecule has 0 aliphatic heterocycles. The fourth-order valence-electron chi connectivity index (χ4n) is 3.28. The molecule has 3 aromatic heterocycles. The number of H-pyrrole nitrogens is 1. The van der Waals surface area contributed by atoms with Crippen LogP contribution in [0.4, 0.5) is 5.82 Å². The molecule has 0 fully saturated rings. The summed E-state index contributed by atoms with van der Waals surface area (Å²) in [4.78, 5) is 48.7. The first-order valence-corrected chi connectivity index (χ1v) is 10.9. The molecule has 4 rings (SSSR count). The standard InChI is InChI=1S/C22H21N5O4S/c1-12(2)10-27-18(23)17(20(29)26-22(27)30)15(28)11-32-21-13-6-3-4-7-14(13)24-19(25-21)16-8-5-9-31-16/h3-9,12H,10-11,23H2,1-2H3,(H,26,29,30). The monoisotopic (exact) mass is 451 g/mol. The Bertz CT molecular complexity index is 1410. The number of anilines is 1. The van der Waals surface area contributed by atoms with Gasteiger partial charge in [-0.25, -0.2) is 14.8 Å². The minimum absolute atomic E-state index is 0.0915. The summed E-state index contributed by atoms with van der Waals surface area (Å²) < 4.78 is 6.63. The van der Waals surface area contributed by atoms with E-state index in [1.165, 1.54) is 22.6 Å². The second kappa shape index (κ2) is 8.83. The minimum Gasteiger partial charge on any atom is -0.461 e. The molecule has 0 spiro atoms. The molecule has 0 saturated carbocycles. The van der Waals surface area contributed by atoms with Gasteiger partial charge >= 0.3 is 5.69 Å². The number of aromatic amines is 1. The molecular weight excluding hydrogens is 430 g/mol. The Morgan fingerprint density at radius 3 is 2.69 bits per heavy atom. The van der Waals surface area contributed by atoms with Crippen LogP contribution in [-0.4, -0.2) is 31.1 Å². The van der Waals surface area contributed by atoms with Gasteiger partial charge in [0.1, 0.15) is 16.4 Å². The number of thioether (sulfide) groups is 1. The van der Waals surface area contributed by atoms with Crippen molar-refractivity contribution in [3.05, 3.63) is 69.1 Å². The summed E-state index contributed by atoms with van der Waals surface area (Å²) in [5.74, 6) is 0.295. The molecule has 1 aromatic carbocycles. The van der Waals surface area contributed by atoms with Crippen LogP contribution in [0, 0.1) is 5.92 Å². The number of ketones is 1. The third-order valence-electron chi connectivity index (χ3n) is 4.72. The van der Waals surface area contributed by atoms with E-state index in [2.05, 4.69) is 15.0 Å². The predicted molar refractivity (Wildman–Crippen MR) is 123 cm³/mol. The van der Waals surface area contributed by atoms with Gasteiger partial charge < -0.3 is 10.2 Å². The van der Waals surface area contributed by atoms with Gasteiger partial charge in [0.25, 0.3) is 5.56 Å². The van der Waals surface area contributed by atoms with E-state index in [-0.39, 0.29) is 29.6 Å². The number of carbonyl (C=O) groups excluding carboxylic acids is 1. The predicted octanol–water partition coefficient (Wildman–Crippen LogP) is 2.95. The van der Waals surface area contributed by atoms with E-state index in [0.29, 0.717) is 22.1 Å². The number of para-hydroxylation sites is 1. The van der Waals surface area contributed by atoms with Crippen molar-refractivity contribution in [3.8, 4) is 11.6 Å². The number of nitrogens with one attached hydrogen (secondary N) is 1. The molecule has 0 aliphatic rings. The third-order valence-corrected chi connectivity index (χ3v) is 5.71. The molecule has 0 radical (unpaired) electrons. The second-order valence-electron chi connectivity index (χ2n) is 7.58. The maximum absolute atomic E-state index is 13.0. The lowest BCUT2D eigenvalue weighted by Gasteiger charge is -2.14. The highest BCUT2D eigenvalue weighted by Gasteiger charge is 2.21. The summed E-state index contributed by atoms with van der Waals surface area (Å²) in [6.07, 6.45) is 1.53. The van der Waals surface area contributed by atoms with Crippen LogP contribution in [0.2, 0.25) is 0 Å². The Morgan fingerprint density at radius 1 is 1.19 bits per heavy atom. The SMILES string of the molecule is CC(C)Cn1c(N)c(C(=O)CSc2nc(-c3ccco3)nc3ccccc23)c(=O)[nH]c1=O. The van der Waals surface area contributed by atoms with E-state index in [1.54, 1.807) is 12.1 Å². The number of rotatable bonds is 7. The number of Topliss-reactive ketones (excluding diaryl/α,β-unsaturated/α-hetero) is 1. The van der Waals surface area contributed by atoms with Gasteiger partial charge in [-0.3, -0.25) is 19.1 Å². The summed E-state index contributed by atoms with van der Waals surface area (Å²) in [5.41, 5.74) is 5.12. The molecular formula is C22H21N5O4S. The van der Waals surface area contributed by atoms with Gasteiger partial charge in [0.05, 0.1) is 17.5 Å². The maximum atomic E-state index is 13.0. The third kappa shape index (κ3) is 4.22. The summed E-state index contributed by atoms with van der Waals surface area (Å²) in [5, 5.41) is 1.34. The van der Waals surface area contributed by atoms with Crippen molar-refractivity contribution in [1.29, 1.82) is 0 Å². The fourth-order valence-corrected chi connectivity index (χ4v) is 4.17. The molecule has 32 heavy (non-hydrogen) atoms. The molecule has 0 aliphatic carbocycles. The normalized spacial score (nSPS) is 11.3. The van der Waals surface area contributed by atoms with Crippen molar-refractivity contribution in [2.45, 2.75) is 25.4 Å². The van der Waals surface area contributed by atoms with Crippen LogP contribution in [0.1, 0.15) is 24.2 Å². The fraction of sp³-hybridized carbons (Fsp3) is 0.227. The van der Waals surface area contributed by atoms with Crippen LogP contribution in [0.3, 0.4) is 0 Å². The topological polar surface area (TPSA) is 137 Å². The van der Waals surface area contributed by atoms with Gasteiger partial charge in [-0.2, -0.15) is 0 Å². The zero-order valence-corrected chi connectivity index (χ0v) is 18.3. The molecule has 0 unspecified atom stereocenters. The first-order chi connectivity index (χ1) is 15.3. The van der Waals surface area contributed by atoms with E-state index < -0.39 is 17.0 Å². The lowest BCUT2D eigenvalue weighted by atomic mass is 10.2. The van der Waals surface area contributed by atoms with Gasteiger partial charge in [0.2, 0.25) is 0 Å². The largest absolute Gasteiger partial charge is 0.461 e. The number of hydrogen-bond donors (Lipinski definition) is 2. The average Bonchev–Trinajstić information content (AvgIpc) is 3.29. The molecule has 3 N–H and O–H groups in total. The Balaban J connectivity index is 1.68. The Hall–Kier alpha value is -3.66. The van der Waals surface area contributed by atoms with Crippen LogP contribution in [0.5, 0.6) is 0 Å². The summed E-state index contributed by atoms with van der Waals surface area (Å²) in [6, 6.07) is 10.9. The van der Waals surface area contributed by atoms with E-state index >= 15 is 0 Å². The molecule has 164 valence electrons. The molecule has 9 nitrogen and oxygen atoms in total. The van der Waals surface area contributed by atoms with Crippen molar-refractivity contribution in [1.82, 2.24) is 19.5 Å². The Kier molecular flexibility index (Phi) is 5.95. The van der Waals surface area contributed by atoms with E-state index in [0.717, 1.165) is 5.39 Å². The molecule has 0 saturated heterocycles. The van der Waals surface area contributed by atoms with Crippen LogP contribution in [-0.2, 0) is 6.54 Å². The summed E-state index contributed by atoms with van der Waals surface area (Å²) in [6.45, 7) is 4.11. The van der Waals surface area contributed by atoms with Crippen LogP contribution < -0.4 is 17.0 Å². The maximum Gasteiger partial charge on any atom is 0.329 e. The molecule has 0 bridgehead atoms. The van der Waals surface area contributed by atoms with Gasteiger partial charge in [-0.15, -0.1) is 0 Å². The Labute approximate surface area is 186 Å². The molecule has 4 aromatic rings. The highest BCUT2D eigenvalue weighted by atomic mass is 32.2. The lowest BCUT2D eigenvalue weighted by molar-refractivity contribution is 0.102. The quantitative estimate of drug-likeness (QED) is 0.249. The molecule has 0 atom stereocenters. The first-order valence-electron chi connectivity index (χ1n) is 9.94. The van der Waals surface area contributed by atoms with Gasteiger partial charge in [0, 0.05) is 11.9 Å². The van der Waals surface area contributed by atoms with E-state index in [4.69, 9.17) is 10.2 Å². The molecule has 0 amide bonds. The van der Waals surface area contributed by atoms with Gasteiger partial charge in [-0.05, 0) is 24.1 Å². The number of fused-ring (bicyclic) bond motifs is 1. The molecule has 3 heterocycles. The van der Waals surface area contributed by atoms with E-state index in [9.17, 15) is 14.4 Å². The number of benzene rings is 1. The van der Waals surface area contributed by atoms with Crippen LogP contribution in [0.25, 0.3) is 22.5 Å². The highest BCUT2D eigenvalue weighted by molar-refractivity contribution is 8.00. The van der Waals surface area contributed by atoms with Crippen LogP contribution in [0.15, 0.2) is 61.7 Å². The smallest absolute Gasteiger partial charge is 0.329 e. The number of carbonyl (C=O) groups is 1. The summed E-state index contributed by atoms with van der Waals surface area (Å²) >= 11 is 1.17. The number of furan rings is 1. The average molecular weight is 452 g/mol. The zero-order valence-electron chi connectivity index (χ0n) is 17.5. The van der Waals surface area contributed by atoms with Gasteiger partial charge in [-0.1, -0.05) is 43.8 Å². The Morgan fingerprint density at radius 2 is 1.97 bits per heavy atom. The van der Waals surface area contributed by atoms with Crippen molar-refractivity contribution in [2.75, 3.05) is 11.5 Å². The minimum atomic E-state index is -0.790. The first kappa shape index (κ1) is 21.6. The van der Waals surface area contributed by atoms with Gasteiger partial charge in [0.15, 0.2) is 17.4 Å². The number of nitrogen functional groups attached to an aromatic ring is 1.